The van der Waals surface area contributed by atoms with E-state index in [-0.39, 0.29) is 38.0 Å². The van der Waals surface area contributed by atoms with Crippen molar-refractivity contribution in [2.45, 2.75) is 207 Å². The number of unbranched alkanes of at least 4 members (excludes halogenated alkanes) is 12. The summed E-state index contributed by atoms with van der Waals surface area (Å²) in [6, 6.07) is 0. The Kier molecular flexibility index (Phi) is 48.6. The lowest BCUT2D eigenvalue weighted by Crippen LogP contribution is -2.30. The van der Waals surface area contributed by atoms with Gasteiger partial charge in [0, 0.05) is 12.8 Å². The second-order valence-electron chi connectivity index (χ2n) is 16.3. The Morgan fingerprint density at radius 3 is 1.11 bits per heavy atom. The Balaban J connectivity index is 4.57. The van der Waals surface area contributed by atoms with Crippen LogP contribution in [0.4, 0.5) is 0 Å². The molecule has 6 heteroatoms. The average molecular weight is 897 g/mol. The first-order chi connectivity index (χ1) is 32.0. The summed E-state index contributed by atoms with van der Waals surface area (Å²) in [4.78, 5) is 37.9. The summed E-state index contributed by atoms with van der Waals surface area (Å²) >= 11 is 0. The standard InChI is InChI=1S/C59H92O6/c1-4-7-10-13-16-19-22-25-27-28-29-30-32-34-37-40-43-46-49-52-58(61)64-55-56(54-63-57(60)51-48-45-42-39-36-33-24-21-18-15-12-9-6-3)65-59(62)53-50-47-44-41-38-35-31-26-23-20-17-14-11-8-5-2/h8-9,11-12,16-21,25-27,31,33,36,38,41-42,45,47,50,56H,4-7,10,13-15,22-24,28-30,32,34-35,37,39-40,43-44,46,48-49,51-55H2,1-3H3/b11-8-,12-9-,19-16-,20-17-,21-18-,27-25-,31-26-,36-33-,41-38-,45-42-,50-47-. The maximum atomic E-state index is 12.7. The predicted octanol–water partition coefficient (Wildman–Crippen LogP) is 17.1. The van der Waals surface area contributed by atoms with E-state index in [0.29, 0.717) is 19.3 Å². The van der Waals surface area contributed by atoms with Gasteiger partial charge in [0.05, 0.1) is 6.42 Å². The van der Waals surface area contributed by atoms with Crippen LogP contribution in [-0.4, -0.2) is 37.2 Å². The van der Waals surface area contributed by atoms with Gasteiger partial charge in [-0.15, -0.1) is 0 Å². The van der Waals surface area contributed by atoms with Gasteiger partial charge < -0.3 is 14.2 Å². The van der Waals surface area contributed by atoms with Crippen LogP contribution in [0.5, 0.6) is 0 Å². The van der Waals surface area contributed by atoms with Crippen LogP contribution in [0.25, 0.3) is 0 Å². The fourth-order valence-electron chi connectivity index (χ4n) is 6.38. The molecule has 0 aliphatic heterocycles. The summed E-state index contributed by atoms with van der Waals surface area (Å²) in [6.45, 7) is 6.21. The first-order valence-electron chi connectivity index (χ1n) is 25.7. The lowest BCUT2D eigenvalue weighted by molar-refractivity contribution is -0.166. The van der Waals surface area contributed by atoms with Crippen LogP contribution in [0.2, 0.25) is 0 Å². The molecule has 6 nitrogen and oxygen atoms in total. The fourth-order valence-corrected chi connectivity index (χ4v) is 6.38. The Hall–Kier alpha value is -4.45. The molecule has 0 aromatic carbocycles. The molecule has 0 aromatic rings. The lowest BCUT2D eigenvalue weighted by atomic mass is 10.1. The van der Waals surface area contributed by atoms with E-state index in [1.807, 2.05) is 18.2 Å². The van der Waals surface area contributed by atoms with Gasteiger partial charge >= 0.3 is 17.9 Å². The number of ether oxygens (including phenoxy) is 3. The summed E-state index contributed by atoms with van der Waals surface area (Å²) in [5.41, 5.74) is 0. The van der Waals surface area contributed by atoms with Gasteiger partial charge in [-0.05, 0) is 103 Å². The van der Waals surface area contributed by atoms with Gasteiger partial charge in [0.25, 0.3) is 0 Å². The molecule has 0 saturated heterocycles. The highest BCUT2D eigenvalue weighted by atomic mass is 16.6. The van der Waals surface area contributed by atoms with E-state index in [1.165, 1.54) is 70.6 Å². The predicted molar refractivity (Wildman–Crippen MR) is 279 cm³/mol. The lowest BCUT2D eigenvalue weighted by Gasteiger charge is -2.18. The Morgan fingerprint density at radius 2 is 0.677 bits per heavy atom. The highest BCUT2D eigenvalue weighted by Crippen LogP contribution is 2.13. The summed E-state index contributed by atoms with van der Waals surface area (Å²) in [5, 5.41) is 0. The van der Waals surface area contributed by atoms with Gasteiger partial charge in [0.15, 0.2) is 6.10 Å². The van der Waals surface area contributed by atoms with Crippen molar-refractivity contribution in [2.75, 3.05) is 13.2 Å². The van der Waals surface area contributed by atoms with E-state index in [1.54, 1.807) is 6.08 Å². The molecule has 0 N–H and O–H groups in total. The average Bonchev–Trinajstić information content (AvgIpc) is 3.30. The molecule has 0 saturated carbocycles. The van der Waals surface area contributed by atoms with Crippen molar-refractivity contribution < 1.29 is 28.6 Å². The van der Waals surface area contributed by atoms with E-state index in [9.17, 15) is 14.4 Å². The number of esters is 3. The quantitative estimate of drug-likeness (QED) is 0.0262. The molecule has 0 aliphatic rings. The van der Waals surface area contributed by atoms with Gasteiger partial charge in [-0.3, -0.25) is 14.4 Å². The number of carbonyl (C=O) groups is 3. The maximum absolute atomic E-state index is 12.7. The molecule has 0 radical (unpaired) electrons. The van der Waals surface area contributed by atoms with E-state index in [0.717, 1.165) is 77.0 Å². The van der Waals surface area contributed by atoms with Crippen molar-refractivity contribution in [1.82, 2.24) is 0 Å². The third kappa shape index (κ3) is 50.4. The summed E-state index contributed by atoms with van der Waals surface area (Å²) in [5.74, 6) is -1.18. The molecule has 65 heavy (non-hydrogen) atoms. The van der Waals surface area contributed by atoms with E-state index in [4.69, 9.17) is 14.2 Å². The minimum absolute atomic E-state index is 0.0758. The molecule has 364 valence electrons. The van der Waals surface area contributed by atoms with Crippen molar-refractivity contribution in [3.05, 3.63) is 134 Å². The van der Waals surface area contributed by atoms with Crippen LogP contribution in [-0.2, 0) is 28.6 Å². The maximum Gasteiger partial charge on any atom is 0.310 e. The van der Waals surface area contributed by atoms with Crippen molar-refractivity contribution in [3.63, 3.8) is 0 Å². The highest BCUT2D eigenvalue weighted by molar-refractivity contribution is 5.72. The van der Waals surface area contributed by atoms with Crippen molar-refractivity contribution in [1.29, 1.82) is 0 Å². The largest absolute Gasteiger partial charge is 0.462 e. The minimum Gasteiger partial charge on any atom is -0.462 e. The molecular formula is C59H92O6. The molecule has 1 atom stereocenters. The van der Waals surface area contributed by atoms with Gasteiger partial charge in [0.1, 0.15) is 13.2 Å². The number of hydrogen-bond acceptors (Lipinski definition) is 6. The van der Waals surface area contributed by atoms with Crippen molar-refractivity contribution in [3.8, 4) is 0 Å². The molecule has 0 rings (SSSR count). The Labute approximate surface area is 398 Å². The Morgan fingerprint density at radius 1 is 0.338 bits per heavy atom. The van der Waals surface area contributed by atoms with Crippen LogP contribution in [0.1, 0.15) is 201 Å². The first-order valence-corrected chi connectivity index (χ1v) is 25.7. The van der Waals surface area contributed by atoms with Crippen LogP contribution < -0.4 is 0 Å². The zero-order chi connectivity index (χ0) is 47.2. The smallest absolute Gasteiger partial charge is 0.310 e. The second kappa shape index (κ2) is 52.2. The van der Waals surface area contributed by atoms with Crippen LogP contribution in [0.15, 0.2) is 134 Å². The minimum atomic E-state index is -0.867. The van der Waals surface area contributed by atoms with Crippen molar-refractivity contribution >= 4 is 17.9 Å². The molecule has 0 aliphatic carbocycles. The number of rotatable bonds is 44. The first kappa shape index (κ1) is 60.5. The Bertz CT molecular complexity index is 1450. The van der Waals surface area contributed by atoms with Crippen LogP contribution >= 0.6 is 0 Å². The molecule has 0 heterocycles. The topological polar surface area (TPSA) is 78.9 Å². The summed E-state index contributed by atoms with van der Waals surface area (Å²) in [7, 11) is 0. The van der Waals surface area contributed by atoms with Gasteiger partial charge in [-0.1, -0.05) is 212 Å². The molecule has 0 amide bonds. The number of carbonyl (C=O) groups excluding carboxylic acids is 3. The van der Waals surface area contributed by atoms with Crippen LogP contribution in [0, 0.1) is 0 Å². The van der Waals surface area contributed by atoms with Crippen molar-refractivity contribution in [2.24, 2.45) is 0 Å². The zero-order valence-electron chi connectivity index (χ0n) is 41.4. The van der Waals surface area contributed by atoms with E-state index in [2.05, 4.69) is 130 Å². The molecule has 0 fully saturated rings. The van der Waals surface area contributed by atoms with Gasteiger partial charge in [-0.2, -0.15) is 0 Å². The molecule has 0 bridgehead atoms. The molecule has 0 spiro atoms. The zero-order valence-corrected chi connectivity index (χ0v) is 41.4. The van der Waals surface area contributed by atoms with Gasteiger partial charge in [-0.25, -0.2) is 0 Å². The third-order valence-electron chi connectivity index (χ3n) is 10.2. The highest BCUT2D eigenvalue weighted by Gasteiger charge is 2.19. The summed E-state index contributed by atoms with van der Waals surface area (Å²) < 4.78 is 16.6. The second-order valence-corrected chi connectivity index (χ2v) is 16.3. The van der Waals surface area contributed by atoms with Gasteiger partial charge in [0.2, 0.25) is 0 Å². The van der Waals surface area contributed by atoms with E-state index >= 15 is 0 Å². The molecule has 1 unspecified atom stereocenters. The number of allylic oxidation sites excluding steroid dienone is 21. The van der Waals surface area contributed by atoms with Crippen LogP contribution in [0.3, 0.4) is 0 Å². The third-order valence-corrected chi connectivity index (χ3v) is 10.2. The molecule has 0 aromatic heterocycles. The van der Waals surface area contributed by atoms with E-state index < -0.39 is 12.1 Å². The fraction of sp³-hybridized carbons (Fsp3) is 0.576. The normalized spacial score (nSPS) is 13.2. The summed E-state index contributed by atoms with van der Waals surface area (Å²) in [6.07, 6.45) is 73.3. The monoisotopic (exact) mass is 897 g/mol. The SMILES string of the molecule is CC/C=C\C/C=C\C/C=C\C/C=C\C/C=C\CC(=O)OC(COC(=O)CC/C=C\C/C=C\C/C=C\C/C=C\CC)COC(=O)CCCCCCCCCCC/C=C\C/C=C\CCCCC. The molecular weight excluding hydrogens is 805 g/mol. The number of hydrogen-bond donors (Lipinski definition) is 0.